The lowest BCUT2D eigenvalue weighted by molar-refractivity contribution is 0.332. The second-order valence-electron chi connectivity index (χ2n) is 2.25. The first kappa shape index (κ1) is 11.0. The molecule has 72 valence electrons. The SMILES string of the molecule is CC[SiH]1O[SiH2]O[SiH2]O[SiH2]O[SiH2]O1. The van der Waals surface area contributed by atoms with Crippen molar-refractivity contribution in [3.63, 3.8) is 0 Å². The molecule has 10 heteroatoms. The molecule has 0 spiro atoms. The Morgan fingerprint density at radius 2 is 1.42 bits per heavy atom. The Bertz CT molecular complexity index is 104. The topological polar surface area (TPSA) is 46.2 Å². The van der Waals surface area contributed by atoms with Crippen molar-refractivity contribution in [3.8, 4) is 0 Å². The fraction of sp³-hybridized carbons (Fsp3) is 1.00. The summed E-state index contributed by atoms with van der Waals surface area (Å²) in [4.78, 5) is 0. The van der Waals surface area contributed by atoms with Crippen molar-refractivity contribution < 1.29 is 20.6 Å². The highest BCUT2D eigenvalue weighted by Gasteiger charge is 2.11. The molecule has 0 saturated carbocycles. The molecule has 0 unspecified atom stereocenters. The molecule has 1 aliphatic heterocycles. The molecule has 5 nitrogen and oxygen atoms in total. The summed E-state index contributed by atoms with van der Waals surface area (Å²) in [6, 6.07) is 1.01. The van der Waals surface area contributed by atoms with Crippen molar-refractivity contribution >= 4 is 49.3 Å². The summed E-state index contributed by atoms with van der Waals surface area (Å²) >= 11 is 0. The zero-order valence-electron chi connectivity index (χ0n) is 7.15. The molecule has 0 bridgehead atoms. The van der Waals surface area contributed by atoms with Gasteiger partial charge in [-0.3, -0.25) is 0 Å². The number of hydrogen-bond acceptors (Lipinski definition) is 5. The summed E-state index contributed by atoms with van der Waals surface area (Å²) in [7, 11) is -4.44. The van der Waals surface area contributed by atoms with Crippen molar-refractivity contribution in [2.45, 2.75) is 13.0 Å². The van der Waals surface area contributed by atoms with Crippen molar-refractivity contribution in [2.75, 3.05) is 0 Å². The van der Waals surface area contributed by atoms with E-state index in [1.807, 2.05) is 0 Å². The first-order valence-corrected chi connectivity index (χ1v) is 10.3. The third-order valence-corrected chi connectivity index (χ3v) is 10.1. The third kappa shape index (κ3) is 4.80. The van der Waals surface area contributed by atoms with Crippen LogP contribution < -0.4 is 0 Å². The van der Waals surface area contributed by atoms with Gasteiger partial charge in [0.15, 0.2) is 0 Å². The summed E-state index contributed by atoms with van der Waals surface area (Å²) in [5.41, 5.74) is 0. The lowest BCUT2D eigenvalue weighted by Gasteiger charge is -2.17. The van der Waals surface area contributed by atoms with Gasteiger partial charge >= 0.3 is 9.28 Å². The average molecular weight is 259 g/mol. The molecule has 0 aromatic heterocycles. The number of hydrogen-bond donors (Lipinski definition) is 0. The molecular weight excluding hydrogens is 244 g/mol. The van der Waals surface area contributed by atoms with Gasteiger partial charge in [-0.1, -0.05) is 6.92 Å². The summed E-state index contributed by atoms with van der Waals surface area (Å²) in [5, 5.41) is 0. The van der Waals surface area contributed by atoms with Crippen molar-refractivity contribution in [1.29, 1.82) is 0 Å². The van der Waals surface area contributed by atoms with Crippen molar-refractivity contribution in [3.05, 3.63) is 0 Å². The van der Waals surface area contributed by atoms with Gasteiger partial charge in [0.2, 0.25) is 0 Å². The molecule has 0 aromatic carbocycles. The second-order valence-corrected chi connectivity index (χ2v) is 12.4. The molecule has 1 aliphatic rings. The first-order chi connectivity index (χ1) is 5.93. The molecule has 0 N–H and O–H groups in total. The Morgan fingerprint density at radius 1 is 0.917 bits per heavy atom. The van der Waals surface area contributed by atoms with E-state index in [-0.39, 0.29) is 0 Å². The highest BCUT2D eigenvalue weighted by molar-refractivity contribution is 6.59. The molecule has 0 atom stereocenters. The predicted octanol–water partition coefficient (Wildman–Crippen LogP) is -3.68. The van der Waals surface area contributed by atoms with Crippen molar-refractivity contribution in [2.24, 2.45) is 0 Å². The van der Waals surface area contributed by atoms with Gasteiger partial charge in [0, 0.05) is 0 Å². The maximum Gasteiger partial charge on any atom is 0.302 e. The smallest absolute Gasteiger partial charge is 0.302 e. The van der Waals surface area contributed by atoms with Gasteiger partial charge in [-0.05, 0) is 6.04 Å². The Hall–Kier alpha value is 0.884. The van der Waals surface area contributed by atoms with Crippen LogP contribution in [0.15, 0.2) is 0 Å². The van der Waals surface area contributed by atoms with E-state index < -0.39 is 49.3 Å². The van der Waals surface area contributed by atoms with Crippen molar-refractivity contribution in [1.82, 2.24) is 0 Å². The molecule has 0 aliphatic carbocycles. The van der Waals surface area contributed by atoms with Gasteiger partial charge in [-0.15, -0.1) is 0 Å². The monoisotopic (exact) mass is 258 g/mol. The van der Waals surface area contributed by atoms with Gasteiger partial charge in [-0.2, -0.15) is 0 Å². The van der Waals surface area contributed by atoms with E-state index in [0.29, 0.717) is 0 Å². The molecule has 0 amide bonds. The van der Waals surface area contributed by atoms with Crippen LogP contribution in [-0.2, 0) is 20.6 Å². The molecule has 1 rings (SSSR count). The maximum atomic E-state index is 5.53. The Morgan fingerprint density at radius 3 is 1.92 bits per heavy atom. The quantitative estimate of drug-likeness (QED) is 0.454. The average Bonchev–Trinajstić information content (AvgIpc) is 2.14. The van der Waals surface area contributed by atoms with Crippen LogP contribution in [0.2, 0.25) is 6.04 Å². The van der Waals surface area contributed by atoms with E-state index in [1.54, 1.807) is 0 Å². The molecule has 12 heavy (non-hydrogen) atoms. The fourth-order valence-electron chi connectivity index (χ4n) is 0.752. The van der Waals surface area contributed by atoms with Crippen LogP contribution in [0.25, 0.3) is 0 Å². The number of rotatable bonds is 1. The van der Waals surface area contributed by atoms with E-state index in [1.165, 1.54) is 0 Å². The van der Waals surface area contributed by atoms with Crippen LogP contribution in [0, 0.1) is 0 Å². The summed E-state index contributed by atoms with van der Waals surface area (Å²) in [6.07, 6.45) is 0. The molecule has 1 heterocycles. The molecular formula is C2H14O5Si5. The van der Waals surface area contributed by atoms with Crippen LogP contribution >= 0.6 is 0 Å². The molecule has 1 fully saturated rings. The van der Waals surface area contributed by atoms with E-state index in [9.17, 15) is 0 Å². The largest absolute Gasteiger partial charge is 0.425 e. The van der Waals surface area contributed by atoms with Crippen LogP contribution in [-0.4, -0.2) is 49.3 Å². The molecule has 1 saturated heterocycles. The third-order valence-electron chi connectivity index (χ3n) is 1.34. The van der Waals surface area contributed by atoms with Crippen LogP contribution in [0.1, 0.15) is 6.92 Å². The van der Waals surface area contributed by atoms with Gasteiger partial charge < -0.3 is 20.6 Å². The minimum Gasteiger partial charge on any atom is -0.425 e. The minimum atomic E-state index is -1.37. The van der Waals surface area contributed by atoms with E-state index >= 15 is 0 Å². The minimum absolute atomic E-state index is 0.754. The van der Waals surface area contributed by atoms with Gasteiger partial charge in [0.1, 0.15) is 0 Å². The Labute approximate surface area is 83.2 Å². The zero-order chi connectivity index (χ0) is 8.65. The fourth-order valence-corrected chi connectivity index (χ4v) is 11.5. The lowest BCUT2D eigenvalue weighted by atomic mass is 11.0. The normalized spacial score (nSPS) is 36.2. The highest BCUT2D eigenvalue weighted by atomic mass is 28.4. The molecule has 0 aromatic rings. The molecule has 0 radical (unpaired) electrons. The maximum absolute atomic E-state index is 5.53. The standard InChI is InChI=1S/C2H14O5Si5/c1-2-12-6-10-4-8-3-9-5-11-7-12/h12H,2,8-11H2,1H3. The van der Waals surface area contributed by atoms with E-state index in [2.05, 4.69) is 6.92 Å². The Balaban J connectivity index is 2.17. The van der Waals surface area contributed by atoms with E-state index in [0.717, 1.165) is 6.04 Å². The first-order valence-electron chi connectivity index (χ1n) is 3.90. The summed E-state index contributed by atoms with van der Waals surface area (Å²) < 4.78 is 26.9. The van der Waals surface area contributed by atoms with Crippen LogP contribution in [0.5, 0.6) is 0 Å². The summed E-state index contributed by atoms with van der Waals surface area (Å²) in [6.45, 7) is 2.09. The Kier molecular flexibility index (Phi) is 6.67. The second kappa shape index (κ2) is 7.30. The van der Waals surface area contributed by atoms with Crippen LogP contribution in [0.3, 0.4) is 0 Å². The van der Waals surface area contributed by atoms with Gasteiger partial charge in [-0.25, -0.2) is 0 Å². The van der Waals surface area contributed by atoms with Gasteiger partial charge in [0.25, 0.3) is 40.0 Å². The lowest BCUT2D eigenvalue weighted by Crippen LogP contribution is -2.31. The van der Waals surface area contributed by atoms with Crippen LogP contribution in [0.4, 0.5) is 0 Å². The summed E-state index contributed by atoms with van der Waals surface area (Å²) in [5.74, 6) is 0. The zero-order valence-corrected chi connectivity index (χ0v) is 14.0. The highest BCUT2D eigenvalue weighted by Crippen LogP contribution is 1.95. The predicted molar refractivity (Wildman–Crippen MR) is 57.2 cm³/mol. The van der Waals surface area contributed by atoms with Gasteiger partial charge in [0.05, 0.1) is 0 Å². The van der Waals surface area contributed by atoms with E-state index in [4.69, 9.17) is 20.6 Å².